The number of amides is 1. The molecule has 1 N–H and O–H groups in total. The molecule has 0 unspecified atom stereocenters. The number of likely N-dealkylation sites (tertiary alicyclic amines) is 1. The molecule has 1 saturated heterocycles. The molecule has 3 aromatic rings. The van der Waals surface area contributed by atoms with Gasteiger partial charge in [-0.1, -0.05) is 43.4 Å². The predicted molar refractivity (Wildman–Crippen MR) is 124 cm³/mol. The first-order valence-corrected chi connectivity index (χ1v) is 11.8. The van der Waals surface area contributed by atoms with Gasteiger partial charge in [-0.15, -0.1) is 0 Å². The number of fused-ring (bicyclic) bond motifs is 2. The number of carbonyl (C=O) groups is 1. The number of rotatable bonds is 6. The van der Waals surface area contributed by atoms with E-state index in [0.717, 1.165) is 35.8 Å². The van der Waals surface area contributed by atoms with Crippen molar-refractivity contribution in [2.75, 3.05) is 37.6 Å². The molecule has 1 aromatic carbocycles. The summed E-state index contributed by atoms with van der Waals surface area (Å²) in [5, 5.41) is 3.47. The van der Waals surface area contributed by atoms with Crippen LogP contribution in [-0.2, 0) is 5.41 Å². The van der Waals surface area contributed by atoms with Crippen LogP contribution in [0.4, 0.5) is 11.5 Å². The summed E-state index contributed by atoms with van der Waals surface area (Å²) in [6.07, 6.45) is 5.11. The van der Waals surface area contributed by atoms with Gasteiger partial charge in [0.1, 0.15) is 16.7 Å². The predicted octanol–water partition coefficient (Wildman–Crippen LogP) is 3.73. The lowest BCUT2D eigenvalue weighted by Gasteiger charge is -2.21. The van der Waals surface area contributed by atoms with Crippen molar-refractivity contribution < 1.29 is 4.79 Å². The zero-order valence-corrected chi connectivity index (χ0v) is 18.9. The molecule has 0 bridgehead atoms. The van der Waals surface area contributed by atoms with Crippen molar-refractivity contribution >= 4 is 39.1 Å². The smallest absolute Gasteiger partial charge is 0.280 e. The lowest BCUT2D eigenvalue weighted by molar-refractivity contribution is 0.0952. The van der Waals surface area contributed by atoms with Crippen LogP contribution in [0.3, 0.4) is 0 Å². The van der Waals surface area contributed by atoms with Crippen molar-refractivity contribution in [1.29, 1.82) is 0 Å². The molecule has 2 aliphatic heterocycles. The zero-order valence-electron chi connectivity index (χ0n) is 18.1. The Hall–Kier alpha value is -2.58. The highest BCUT2D eigenvalue weighted by molar-refractivity contribution is 7.19. The van der Waals surface area contributed by atoms with Crippen molar-refractivity contribution in [2.24, 2.45) is 0 Å². The molecule has 1 amide bonds. The van der Waals surface area contributed by atoms with Gasteiger partial charge in [-0.3, -0.25) is 4.79 Å². The van der Waals surface area contributed by atoms with E-state index in [1.54, 1.807) is 6.33 Å². The highest BCUT2D eigenvalue weighted by Gasteiger charge is 2.37. The Bertz CT molecular complexity index is 1100. The summed E-state index contributed by atoms with van der Waals surface area (Å²) in [5.41, 5.74) is 3.16. The van der Waals surface area contributed by atoms with Gasteiger partial charge < -0.3 is 15.1 Å². The lowest BCUT2D eigenvalue weighted by Crippen LogP contribution is -2.28. The summed E-state index contributed by atoms with van der Waals surface area (Å²) in [6, 6.07) is 8.43. The Kier molecular flexibility index (Phi) is 5.35. The molecule has 0 radical (unpaired) electrons. The largest absolute Gasteiger partial charge is 0.350 e. The number of carbonyl (C=O) groups excluding carboxylic acids is 1. The summed E-state index contributed by atoms with van der Waals surface area (Å²) >= 11 is 1.33. The van der Waals surface area contributed by atoms with Gasteiger partial charge in [-0.05, 0) is 50.5 Å². The summed E-state index contributed by atoms with van der Waals surface area (Å²) in [4.78, 5) is 31.7. The molecule has 31 heavy (non-hydrogen) atoms. The molecular weight excluding hydrogens is 408 g/mol. The summed E-state index contributed by atoms with van der Waals surface area (Å²) < 4.78 is 0. The van der Waals surface area contributed by atoms with Crippen LogP contribution in [0.15, 0.2) is 30.6 Å². The molecule has 2 aliphatic rings. The molecule has 5 rings (SSSR count). The standard InChI is InChI=1S/C23H28N6OS/c1-23(2)14-29(17-9-4-3-8-16(17)23)19-18-21(26-15-25-19)31-22(27-18)20(30)24-10-7-13-28-11-5-6-12-28/h3-4,8-9,15H,5-7,10-14H2,1-2H3,(H,24,30). The fourth-order valence-electron chi connectivity index (χ4n) is 4.66. The molecular formula is C23H28N6OS. The van der Waals surface area contributed by atoms with Crippen molar-refractivity contribution in [1.82, 2.24) is 25.2 Å². The number of nitrogens with zero attached hydrogens (tertiary/aromatic N) is 5. The van der Waals surface area contributed by atoms with E-state index >= 15 is 0 Å². The van der Waals surface area contributed by atoms with E-state index in [2.05, 4.69) is 62.1 Å². The topological polar surface area (TPSA) is 74.2 Å². The zero-order chi connectivity index (χ0) is 21.4. The van der Waals surface area contributed by atoms with Crippen LogP contribution in [0.25, 0.3) is 10.3 Å². The normalized spacial score (nSPS) is 17.9. The van der Waals surface area contributed by atoms with Crippen molar-refractivity contribution in [3.8, 4) is 0 Å². The molecule has 0 aliphatic carbocycles. The Labute approximate surface area is 186 Å². The minimum Gasteiger partial charge on any atom is -0.350 e. The average molecular weight is 437 g/mol. The highest BCUT2D eigenvalue weighted by Crippen LogP contribution is 2.44. The second-order valence-electron chi connectivity index (χ2n) is 9.02. The van der Waals surface area contributed by atoms with E-state index in [-0.39, 0.29) is 11.3 Å². The summed E-state index contributed by atoms with van der Waals surface area (Å²) in [7, 11) is 0. The van der Waals surface area contributed by atoms with E-state index in [9.17, 15) is 4.79 Å². The first-order valence-electron chi connectivity index (χ1n) is 11.0. The van der Waals surface area contributed by atoms with Crippen LogP contribution >= 0.6 is 11.3 Å². The molecule has 162 valence electrons. The fourth-order valence-corrected chi connectivity index (χ4v) is 5.48. The number of aromatic nitrogens is 3. The van der Waals surface area contributed by atoms with Crippen molar-refractivity contribution in [3.05, 3.63) is 41.2 Å². The minimum atomic E-state index is -0.127. The monoisotopic (exact) mass is 436 g/mol. The number of hydrogen-bond donors (Lipinski definition) is 1. The third-order valence-electron chi connectivity index (χ3n) is 6.24. The van der Waals surface area contributed by atoms with Crippen LogP contribution in [0.2, 0.25) is 0 Å². The van der Waals surface area contributed by atoms with Gasteiger partial charge in [0, 0.05) is 24.2 Å². The third-order valence-corrected chi connectivity index (χ3v) is 7.20. The number of hydrogen-bond acceptors (Lipinski definition) is 7. The quantitative estimate of drug-likeness (QED) is 0.594. The molecule has 7 nitrogen and oxygen atoms in total. The number of para-hydroxylation sites is 1. The van der Waals surface area contributed by atoms with E-state index in [4.69, 9.17) is 0 Å². The van der Waals surface area contributed by atoms with Gasteiger partial charge in [0.25, 0.3) is 5.91 Å². The van der Waals surface area contributed by atoms with E-state index in [1.165, 1.54) is 42.8 Å². The maximum absolute atomic E-state index is 12.7. The van der Waals surface area contributed by atoms with Crippen LogP contribution < -0.4 is 10.2 Å². The van der Waals surface area contributed by atoms with Crippen LogP contribution in [0.1, 0.15) is 48.5 Å². The van der Waals surface area contributed by atoms with Crippen LogP contribution in [0.5, 0.6) is 0 Å². The molecule has 4 heterocycles. The first-order chi connectivity index (χ1) is 15.0. The van der Waals surface area contributed by atoms with Gasteiger partial charge in [0.15, 0.2) is 10.8 Å². The maximum Gasteiger partial charge on any atom is 0.280 e. The Morgan fingerprint density at radius 1 is 1.19 bits per heavy atom. The highest BCUT2D eigenvalue weighted by atomic mass is 32.1. The van der Waals surface area contributed by atoms with Gasteiger partial charge >= 0.3 is 0 Å². The third kappa shape index (κ3) is 3.90. The molecule has 0 saturated carbocycles. The van der Waals surface area contributed by atoms with Crippen molar-refractivity contribution in [2.45, 2.75) is 38.5 Å². The molecule has 1 fully saturated rings. The lowest BCUT2D eigenvalue weighted by atomic mass is 9.87. The number of nitrogens with one attached hydrogen (secondary N) is 1. The summed E-state index contributed by atoms with van der Waals surface area (Å²) in [5.74, 6) is 0.643. The Morgan fingerprint density at radius 3 is 2.84 bits per heavy atom. The van der Waals surface area contributed by atoms with Crippen LogP contribution in [-0.4, -0.2) is 58.5 Å². The number of benzene rings is 1. The second-order valence-corrected chi connectivity index (χ2v) is 9.99. The Balaban J connectivity index is 1.34. The Morgan fingerprint density at radius 2 is 2.00 bits per heavy atom. The second kappa shape index (κ2) is 8.16. The van der Waals surface area contributed by atoms with E-state index in [1.807, 2.05) is 6.07 Å². The average Bonchev–Trinajstić information content (AvgIpc) is 3.49. The fraction of sp³-hybridized carbons (Fsp3) is 0.478. The summed E-state index contributed by atoms with van der Waals surface area (Å²) in [6.45, 7) is 9.37. The SMILES string of the molecule is CC1(C)CN(c2ncnc3sc(C(=O)NCCCN4CCCC4)nc23)c2ccccc21. The van der Waals surface area contributed by atoms with Gasteiger partial charge in [-0.25, -0.2) is 15.0 Å². The van der Waals surface area contributed by atoms with E-state index < -0.39 is 0 Å². The number of anilines is 2. The van der Waals surface area contributed by atoms with Gasteiger partial charge in [0.2, 0.25) is 0 Å². The molecule has 0 atom stereocenters. The van der Waals surface area contributed by atoms with Gasteiger partial charge in [-0.2, -0.15) is 0 Å². The van der Waals surface area contributed by atoms with Crippen molar-refractivity contribution in [3.63, 3.8) is 0 Å². The van der Waals surface area contributed by atoms with Crippen LogP contribution in [0, 0.1) is 0 Å². The molecule has 2 aromatic heterocycles. The molecule has 8 heteroatoms. The van der Waals surface area contributed by atoms with Gasteiger partial charge in [0.05, 0.1) is 0 Å². The first kappa shape index (κ1) is 20.3. The number of thiazole rings is 1. The minimum absolute atomic E-state index is 0.0133. The van der Waals surface area contributed by atoms with E-state index in [0.29, 0.717) is 17.1 Å². The molecule has 0 spiro atoms. The maximum atomic E-state index is 12.7.